The number of ether oxygens (including phenoxy) is 1. The van der Waals surface area contributed by atoms with Gasteiger partial charge in [0.05, 0.1) is 4.92 Å². The molecule has 0 saturated carbocycles. The van der Waals surface area contributed by atoms with Crippen molar-refractivity contribution in [1.82, 2.24) is 0 Å². The van der Waals surface area contributed by atoms with Crippen LogP contribution in [0.1, 0.15) is 0 Å². The van der Waals surface area contributed by atoms with E-state index in [2.05, 4.69) is 5.32 Å². The first-order valence-electron chi connectivity index (χ1n) is 6.08. The maximum atomic E-state index is 11.8. The van der Waals surface area contributed by atoms with Gasteiger partial charge in [-0.3, -0.25) is 14.9 Å². The monoisotopic (exact) mass is 340 g/mol. The van der Waals surface area contributed by atoms with E-state index in [1.54, 1.807) is 6.07 Å². The van der Waals surface area contributed by atoms with Crippen LogP contribution in [0.5, 0.6) is 5.75 Å². The molecule has 0 fully saturated rings. The third-order valence-corrected chi connectivity index (χ3v) is 3.00. The quantitative estimate of drug-likeness (QED) is 0.660. The maximum Gasteiger partial charge on any atom is 0.310 e. The molecule has 0 radical (unpaired) electrons. The summed E-state index contributed by atoms with van der Waals surface area (Å²) in [5.41, 5.74) is 0.203. The third-order valence-electron chi connectivity index (χ3n) is 2.57. The Kier molecular flexibility index (Phi) is 5.19. The predicted octanol–water partition coefficient (Wildman–Crippen LogP) is 3.92. The second-order valence-electron chi connectivity index (χ2n) is 4.22. The lowest BCUT2D eigenvalue weighted by atomic mass is 10.3. The highest BCUT2D eigenvalue weighted by molar-refractivity contribution is 6.35. The Morgan fingerprint density at radius 2 is 1.82 bits per heavy atom. The highest BCUT2D eigenvalue weighted by Crippen LogP contribution is 2.26. The number of para-hydroxylation sites is 2. The molecule has 0 atom stereocenters. The van der Waals surface area contributed by atoms with Crippen LogP contribution in [0.3, 0.4) is 0 Å². The third kappa shape index (κ3) is 4.34. The fraction of sp³-hybridized carbons (Fsp3) is 0.0714. The van der Waals surface area contributed by atoms with Gasteiger partial charge in [0, 0.05) is 21.8 Å². The molecular weight excluding hydrogens is 331 g/mol. The zero-order chi connectivity index (χ0) is 16.1. The molecule has 2 aromatic rings. The molecular formula is C14H10Cl2N2O4. The van der Waals surface area contributed by atoms with Gasteiger partial charge < -0.3 is 10.1 Å². The minimum absolute atomic E-state index is 0.0202. The van der Waals surface area contributed by atoms with Crippen LogP contribution in [0.2, 0.25) is 10.0 Å². The second-order valence-corrected chi connectivity index (χ2v) is 5.09. The Bertz CT molecular complexity index is 701. The van der Waals surface area contributed by atoms with Gasteiger partial charge >= 0.3 is 5.69 Å². The van der Waals surface area contributed by atoms with Crippen molar-refractivity contribution in [2.24, 2.45) is 0 Å². The summed E-state index contributed by atoms with van der Waals surface area (Å²) in [6.07, 6.45) is 0. The molecule has 0 aliphatic rings. The van der Waals surface area contributed by atoms with Crippen molar-refractivity contribution in [2.45, 2.75) is 0 Å². The van der Waals surface area contributed by atoms with Gasteiger partial charge in [0.2, 0.25) is 0 Å². The predicted molar refractivity (Wildman–Crippen MR) is 83.7 cm³/mol. The number of hydrogen-bond acceptors (Lipinski definition) is 4. The van der Waals surface area contributed by atoms with Crippen LogP contribution < -0.4 is 10.1 Å². The van der Waals surface area contributed by atoms with Crippen LogP contribution in [-0.4, -0.2) is 17.4 Å². The van der Waals surface area contributed by atoms with Gasteiger partial charge in [-0.25, -0.2) is 0 Å². The Balaban J connectivity index is 2.00. The van der Waals surface area contributed by atoms with E-state index in [1.165, 1.54) is 36.4 Å². The topological polar surface area (TPSA) is 81.5 Å². The number of benzene rings is 2. The molecule has 0 aliphatic carbocycles. The summed E-state index contributed by atoms with van der Waals surface area (Å²) in [4.78, 5) is 22.0. The zero-order valence-corrected chi connectivity index (χ0v) is 12.6. The van der Waals surface area contributed by atoms with E-state index in [0.717, 1.165) is 0 Å². The van der Waals surface area contributed by atoms with Crippen molar-refractivity contribution in [3.05, 3.63) is 62.6 Å². The van der Waals surface area contributed by atoms with Gasteiger partial charge in [-0.1, -0.05) is 35.3 Å². The second kappa shape index (κ2) is 7.11. The number of nitrogens with zero attached hydrogens (tertiary/aromatic N) is 1. The van der Waals surface area contributed by atoms with Crippen LogP contribution in [-0.2, 0) is 4.79 Å². The van der Waals surface area contributed by atoms with Gasteiger partial charge in [0.25, 0.3) is 5.91 Å². The Morgan fingerprint density at radius 1 is 1.18 bits per heavy atom. The number of hydrogen-bond donors (Lipinski definition) is 1. The lowest BCUT2D eigenvalue weighted by Gasteiger charge is -2.08. The molecule has 114 valence electrons. The number of anilines is 1. The molecule has 1 amide bonds. The number of rotatable bonds is 5. The summed E-state index contributed by atoms with van der Waals surface area (Å²) in [6.45, 7) is -0.380. The lowest BCUT2D eigenvalue weighted by Crippen LogP contribution is -2.20. The largest absolute Gasteiger partial charge is 0.477 e. The molecule has 0 aromatic heterocycles. The molecule has 2 aromatic carbocycles. The molecule has 1 N–H and O–H groups in total. The highest BCUT2D eigenvalue weighted by atomic mass is 35.5. The van der Waals surface area contributed by atoms with Crippen LogP contribution >= 0.6 is 23.2 Å². The minimum Gasteiger partial charge on any atom is -0.477 e. The molecule has 0 heterocycles. The van der Waals surface area contributed by atoms with Gasteiger partial charge in [0.1, 0.15) is 0 Å². The SMILES string of the molecule is O=C(COc1ccccc1[N+](=O)[O-])Nc1cc(Cl)cc(Cl)c1. The first-order valence-corrected chi connectivity index (χ1v) is 6.83. The first-order chi connectivity index (χ1) is 10.5. The number of carbonyl (C=O) groups excluding carboxylic acids is 1. The zero-order valence-electron chi connectivity index (χ0n) is 11.1. The molecule has 2 rings (SSSR count). The fourth-order valence-corrected chi connectivity index (χ4v) is 2.22. The van der Waals surface area contributed by atoms with Gasteiger partial charge in [-0.05, 0) is 24.3 Å². The van der Waals surface area contributed by atoms with Crippen molar-refractivity contribution < 1.29 is 14.5 Å². The molecule has 22 heavy (non-hydrogen) atoms. The van der Waals surface area contributed by atoms with Crippen molar-refractivity contribution in [2.75, 3.05) is 11.9 Å². The Labute approximate surface area is 135 Å². The number of amides is 1. The van der Waals surface area contributed by atoms with E-state index >= 15 is 0 Å². The molecule has 0 saturated heterocycles. The molecule has 0 bridgehead atoms. The summed E-state index contributed by atoms with van der Waals surface area (Å²) >= 11 is 11.6. The smallest absolute Gasteiger partial charge is 0.310 e. The van der Waals surface area contributed by atoms with Crippen LogP contribution in [0, 0.1) is 10.1 Å². The van der Waals surface area contributed by atoms with E-state index in [9.17, 15) is 14.9 Å². The van der Waals surface area contributed by atoms with Crippen molar-refractivity contribution in [3.8, 4) is 5.75 Å². The van der Waals surface area contributed by atoms with Crippen molar-refractivity contribution in [1.29, 1.82) is 0 Å². The van der Waals surface area contributed by atoms with Crippen LogP contribution in [0.15, 0.2) is 42.5 Å². The highest BCUT2D eigenvalue weighted by Gasteiger charge is 2.15. The normalized spacial score (nSPS) is 10.1. The summed E-state index contributed by atoms with van der Waals surface area (Å²) in [5, 5.41) is 14.1. The summed E-state index contributed by atoms with van der Waals surface area (Å²) in [6, 6.07) is 10.4. The van der Waals surface area contributed by atoms with E-state index in [0.29, 0.717) is 15.7 Å². The number of carbonyl (C=O) groups is 1. The number of halogens is 2. The standard InChI is InChI=1S/C14H10Cl2N2O4/c15-9-5-10(16)7-11(6-9)17-14(19)8-22-13-4-2-1-3-12(13)18(20)21/h1-7H,8H2,(H,17,19). The Hall–Kier alpha value is -2.31. The van der Waals surface area contributed by atoms with Crippen molar-refractivity contribution in [3.63, 3.8) is 0 Å². The van der Waals surface area contributed by atoms with Gasteiger partial charge in [-0.15, -0.1) is 0 Å². The van der Waals surface area contributed by atoms with Crippen LogP contribution in [0.4, 0.5) is 11.4 Å². The van der Waals surface area contributed by atoms with Crippen molar-refractivity contribution >= 4 is 40.5 Å². The number of nitro benzene ring substituents is 1. The Morgan fingerprint density at radius 3 is 2.45 bits per heavy atom. The van der Waals surface area contributed by atoms with E-state index in [1.807, 2.05) is 0 Å². The number of nitrogens with one attached hydrogen (secondary N) is 1. The molecule has 0 aliphatic heterocycles. The minimum atomic E-state index is -0.579. The lowest BCUT2D eigenvalue weighted by molar-refractivity contribution is -0.385. The van der Waals surface area contributed by atoms with Gasteiger partial charge in [0.15, 0.2) is 12.4 Å². The average Bonchev–Trinajstić information content (AvgIpc) is 2.44. The fourth-order valence-electron chi connectivity index (χ4n) is 1.70. The van der Waals surface area contributed by atoms with E-state index in [4.69, 9.17) is 27.9 Å². The molecule has 0 spiro atoms. The van der Waals surface area contributed by atoms with E-state index in [-0.39, 0.29) is 18.0 Å². The molecule has 8 heteroatoms. The maximum absolute atomic E-state index is 11.8. The first kappa shape index (κ1) is 16.1. The number of nitro groups is 1. The van der Waals surface area contributed by atoms with Gasteiger partial charge in [-0.2, -0.15) is 0 Å². The summed E-state index contributed by atoms with van der Waals surface area (Å²) < 4.78 is 5.17. The summed E-state index contributed by atoms with van der Waals surface area (Å²) in [7, 11) is 0. The molecule has 6 nitrogen and oxygen atoms in total. The summed E-state index contributed by atoms with van der Waals surface area (Å²) in [5.74, 6) is -0.469. The van der Waals surface area contributed by atoms with Crippen LogP contribution in [0.25, 0.3) is 0 Å². The molecule has 0 unspecified atom stereocenters. The average molecular weight is 341 g/mol. The van der Waals surface area contributed by atoms with E-state index < -0.39 is 10.8 Å².